The third-order valence-electron chi connectivity index (χ3n) is 1.32. The molecule has 2 aromatic rings. The molecule has 2 aromatic heterocycles. The molecule has 1 N–H and O–H groups in total. The zero-order chi connectivity index (χ0) is 6.97. The predicted octanol–water partition coefficient (Wildman–Crippen LogP) is 1.63. The van der Waals surface area contributed by atoms with Crippen LogP contribution in [0, 0.1) is 0 Å². The summed E-state index contributed by atoms with van der Waals surface area (Å²) in [6.07, 6.45) is 0. The van der Waals surface area contributed by atoms with Gasteiger partial charge in [0.1, 0.15) is 0 Å². The van der Waals surface area contributed by atoms with E-state index >= 15 is 0 Å². The lowest BCUT2D eigenvalue weighted by molar-refractivity contribution is 0.401. The molecule has 0 fully saturated rings. The average molecular weight is 154 g/mol. The lowest BCUT2D eigenvalue weighted by Gasteiger charge is -1.88. The molecule has 0 aromatic carbocycles. The van der Waals surface area contributed by atoms with Gasteiger partial charge in [0.2, 0.25) is 0 Å². The molecule has 52 valence electrons. The Labute approximate surface area is 61.7 Å². The quantitative estimate of drug-likeness (QED) is 0.678. The highest BCUT2D eigenvalue weighted by Gasteiger charge is 2.00. The van der Waals surface area contributed by atoms with Crippen LogP contribution >= 0.6 is 11.3 Å². The maximum Gasteiger partial charge on any atom is 0.193 e. The molecule has 10 heavy (non-hydrogen) atoms. The van der Waals surface area contributed by atoms with E-state index in [-0.39, 0.29) is 0 Å². The fourth-order valence-corrected chi connectivity index (χ4v) is 1.50. The van der Waals surface area contributed by atoms with Gasteiger partial charge in [0.05, 0.1) is 17.3 Å². The number of hydrogen-bond donors (Lipinski definition) is 1. The predicted molar refractivity (Wildman–Crippen MR) is 40.5 cm³/mol. The molecular weight excluding hydrogens is 148 g/mol. The summed E-state index contributed by atoms with van der Waals surface area (Å²) in [5, 5.41) is 0. The standard InChI is InChI=1S/C6H6N2OS/c1-9-5-2-4-6(8-5)7-3-10-4/h2-3,8H,1H3. The first-order valence-corrected chi connectivity index (χ1v) is 3.74. The first-order valence-electron chi connectivity index (χ1n) is 2.86. The summed E-state index contributed by atoms with van der Waals surface area (Å²) in [4.78, 5) is 7.07. The van der Waals surface area contributed by atoms with Crippen molar-refractivity contribution in [2.75, 3.05) is 7.11 Å². The van der Waals surface area contributed by atoms with Gasteiger partial charge < -0.3 is 9.72 Å². The molecule has 0 saturated carbocycles. The maximum absolute atomic E-state index is 4.97. The van der Waals surface area contributed by atoms with Gasteiger partial charge in [-0.1, -0.05) is 0 Å². The highest BCUT2D eigenvalue weighted by molar-refractivity contribution is 7.16. The van der Waals surface area contributed by atoms with Gasteiger partial charge in [0.15, 0.2) is 11.5 Å². The Bertz CT molecular complexity index is 309. The largest absolute Gasteiger partial charge is 0.482 e. The summed E-state index contributed by atoms with van der Waals surface area (Å²) in [6, 6.07) is 1.94. The van der Waals surface area contributed by atoms with Crippen molar-refractivity contribution < 1.29 is 4.74 Å². The van der Waals surface area contributed by atoms with Crippen LogP contribution in [-0.2, 0) is 0 Å². The normalized spacial score (nSPS) is 10.5. The van der Waals surface area contributed by atoms with Crippen molar-refractivity contribution in [3.05, 3.63) is 11.6 Å². The minimum absolute atomic E-state index is 0.773. The minimum Gasteiger partial charge on any atom is -0.482 e. The van der Waals surface area contributed by atoms with Crippen LogP contribution in [0.25, 0.3) is 10.3 Å². The highest BCUT2D eigenvalue weighted by atomic mass is 32.1. The molecule has 0 aliphatic heterocycles. The first-order chi connectivity index (χ1) is 4.90. The lowest BCUT2D eigenvalue weighted by Crippen LogP contribution is -1.79. The van der Waals surface area contributed by atoms with Gasteiger partial charge in [-0.2, -0.15) is 0 Å². The fourth-order valence-electron chi connectivity index (χ4n) is 0.833. The van der Waals surface area contributed by atoms with E-state index in [1.807, 2.05) is 6.07 Å². The second-order valence-electron chi connectivity index (χ2n) is 1.90. The molecule has 0 bridgehead atoms. The van der Waals surface area contributed by atoms with E-state index in [0.717, 1.165) is 16.2 Å². The Kier molecular flexibility index (Phi) is 1.14. The van der Waals surface area contributed by atoms with Crippen molar-refractivity contribution in [3.8, 4) is 5.88 Å². The van der Waals surface area contributed by atoms with Crippen molar-refractivity contribution in [2.45, 2.75) is 0 Å². The monoisotopic (exact) mass is 154 g/mol. The van der Waals surface area contributed by atoms with Crippen LogP contribution in [0.15, 0.2) is 11.6 Å². The van der Waals surface area contributed by atoms with Crippen LogP contribution < -0.4 is 4.74 Å². The molecule has 4 heteroatoms. The number of aromatic amines is 1. The summed E-state index contributed by atoms with van der Waals surface area (Å²) in [6.45, 7) is 0. The van der Waals surface area contributed by atoms with Gasteiger partial charge in [0.25, 0.3) is 0 Å². The summed E-state index contributed by atoms with van der Waals surface area (Å²) < 4.78 is 6.10. The Hall–Kier alpha value is -1.03. The number of nitrogens with zero attached hydrogens (tertiary/aromatic N) is 1. The zero-order valence-electron chi connectivity index (χ0n) is 5.42. The second-order valence-corrected chi connectivity index (χ2v) is 2.79. The number of fused-ring (bicyclic) bond motifs is 1. The third-order valence-corrected chi connectivity index (χ3v) is 2.09. The summed E-state index contributed by atoms with van der Waals surface area (Å²) in [7, 11) is 1.63. The SMILES string of the molecule is COc1cc2scnc2[nH]1. The molecule has 2 heterocycles. The van der Waals surface area contributed by atoms with Crippen LogP contribution in [0.5, 0.6) is 5.88 Å². The Morgan fingerprint density at radius 2 is 2.60 bits per heavy atom. The number of hydrogen-bond acceptors (Lipinski definition) is 3. The van der Waals surface area contributed by atoms with Crippen LogP contribution in [0.2, 0.25) is 0 Å². The molecule has 0 radical (unpaired) electrons. The summed E-state index contributed by atoms with van der Waals surface area (Å²) in [5.41, 5.74) is 2.71. The number of ether oxygens (including phenoxy) is 1. The van der Waals surface area contributed by atoms with Crippen molar-refractivity contribution in [3.63, 3.8) is 0 Å². The van der Waals surface area contributed by atoms with E-state index in [4.69, 9.17) is 4.74 Å². The maximum atomic E-state index is 4.97. The van der Waals surface area contributed by atoms with Gasteiger partial charge in [-0.05, 0) is 0 Å². The molecule has 0 unspecified atom stereocenters. The third kappa shape index (κ3) is 0.690. The van der Waals surface area contributed by atoms with E-state index in [1.165, 1.54) is 0 Å². The molecule has 0 amide bonds. The number of nitrogens with one attached hydrogen (secondary N) is 1. The van der Waals surface area contributed by atoms with Gasteiger partial charge >= 0.3 is 0 Å². The minimum atomic E-state index is 0.773. The Balaban J connectivity index is 2.67. The zero-order valence-corrected chi connectivity index (χ0v) is 6.23. The van der Waals surface area contributed by atoms with Crippen molar-refractivity contribution in [1.82, 2.24) is 9.97 Å². The van der Waals surface area contributed by atoms with Crippen molar-refractivity contribution in [1.29, 1.82) is 0 Å². The van der Waals surface area contributed by atoms with Gasteiger partial charge in [-0.25, -0.2) is 4.98 Å². The van der Waals surface area contributed by atoms with Crippen molar-refractivity contribution >= 4 is 21.7 Å². The van der Waals surface area contributed by atoms with Gasteiger partial charge in [0, 0.05) is 6.07 Å². The van der Waals surface area contributed by atoms with E-state index in [9.17, 15) is 0 Å². The van der Waals surface area contributed by atoms with Crippen LogP contribution in [-0.4, -0.2) is 17.1 Å². The van der Waals surface area contributed by atoms with Gasteiger partial charge in [-0.3, -0.25) is 0 Å². The number of methoxy groups -OCH3 is 1. The lowest BCUT2D eigenvalue weighted by atomic mass is 10.6. The number of rotatable bonds is 1. The molecule has 0 spiro atoms. The molecule has 0 atom stereocenters. The van der Waals surface area contributed by atoms with Crippen LogP contribution in [0.1, 0.15) is 0 Å². The topological polar surface area (TPSA) is 37.9 Å². The number of thiazole rings is 1. The smallest absolute Gasteiger partial charge is 0.193 e. The second kappa shape index (κ2) is 1.98. The van der Waals surface area contributed by atoms with E-state index < -0.39 is 0 Å². The molecule has 0 aliphatic carbocycles. The van der Waals surface area contributed by atoms with Crippen LogP contribution in [0.4, 0.5) is 0 Å². The van der Waals surface area contributed by atoms with Gasteiger partial charge in [-0.15, -0.1) is 11.3 Å². The molecule has 2 rings (SSSR count). The average Bonchev–Trinajstić information content (AvgIpc) is 2.42. The first kappa shape index (κ1) is 5.73. The molecule has 0 saturated heterocycles. The molecule has 0 aliphatic rings. The van der Waals surface area contributed by atoms with E-state index in [2.05, 4.69) is 9.97 Å². The van der Waals surface area contributed by atoms with Crippen molar-refractivity contribution in [2.24, 2.45) is 0 Å². The number of aromatic nitrogens is 2. The van der Waals surface area contributed by atoms with E-state index in [1.54, 1.807) is 24.0 Å². The molecular formula is C6H6N2OS. The summed E-state index contributed by atoms with van der Waals surface area (Å²) >= 11 is 1.60. The fraction of sp³-hybridized carbons (Fsp3) is 0.167. The van der Waals surface area contributed by atoms with Crippen LogP contribution in [0.3, 0.4) is 0 Å². The molecule has 3 nitrogen and oxygen atoms in total. The Morgan fingerprint density at radius 1 is 1.70 bits per heavy atom. The number of H-pyrrole nitrogens is 1. The Morgan fingerprint density at radius 3 is 3.30 bits per heavy atom. The highest BCUT2D eigenvalue weighted by Crippen LogP contribution is 2.21. The van der Waals surface area contributed by atoms with E-state index in [0.29, 0.717) is 0 Å². The summed E-state index contributed by atoms with van der Waals surface area (Å²) in [5.74, 6) is 0.773.